The number of ether oxygens (including phenoxy) is 1. The van der Waals surface area contributed by atoms with Crippen LogP contribution in [0.4, 0.5) is 0 Å². The molecular weight excluding hydrogens is 222 g/mol. The molecule has 1 atom stereocenters. The van der Waals surface area contributed by atoms with E-state index in [2.05, 4.69) is 51.2 Å². The molecule has 0 aliphatic carbocycles. The lowest BCUT2D eigenvalue weighted by atomic mass is 9.85. The van der Waals surface area contributed by atoms with Crippen LogP contribution in [0.2, 0.25) is 0 Å². The van der Waals surface area contributed by atoms with Crippen molar-refractivity contribution in [2.75, 3.05) is 19.7 Å². The number of rotatable bonds is 3. The molecule has 2 nitrogen and oxygen atoms in total. The second-order valence-corrected chi connectivity index (χ2v) is 6.42. The molecule has 2 rings (SSSR count). The van der Waals surface area contributed by atoms with E-state index in [1.165, 1.54) is 17.5 Å². The van der Waals surface area contributed by atoms with Crippen LogP contribution < -0.4 is 10.1 Å². The summed E-state index contributed by atoms with van der Waals surface area (Å²) in [7, 11) is 0. The van der Waals surface area contributed by atoms with Crippen molar-refractivity contribution < 1.29 is 4.74 Å². The third-order valence-corrected chi connectivity index (χ3v) is 3.58. The second-order valence-electron chi connectivity index (χ2n) is 6.42. The lowest BCUT2D eigenvalue weighted by Crippen LogP contribution is -2.18. The van der Waals surface area contributed by atoms with Crippen molar-refractivity contribution in [1.82, 2.24) is 5.32 Å². The summed E-state index contributed by atoms with van der Waals surface area (Å²) in [5.41, 5.74) is 2.75. The number of hydrogen-bond acceptors (Lipinski definition) is 2. The Bertz CT molecular complexity index is 400. The van der Waals surface area contributed by atoms with Crippen molar-refractivity contribution in [2.45, 2.75) is 39.5 Å². The molecule has 2 heteroatoms. The number of nitrogens with one attached hydrogen (secondary N) is 1. The van der Waals surface area contributed by atoms with Gasteiger partial charge in [0.2, 0.25) is 0 Å². The van der Waals surface area contributed by atoms with E-state index in [0.717, 1.165) is 25.4 Å². The van der Waals surface area contributed by atoms with Gasteiger partial charge in [-0.15, -0.1) is 0 Å². The van der Waals surface area contributed by atoms with Crippen molar-refractivity contribution in [1.29, 1.82) is 0 Å². The Balaban J connectivity index is 2.11. The highest BCUT2D eigenvalue weighted by Gasteiger charge is 2.21. The molecule has 1 N–H and O–H groups in total. The Labute approximate surface area is 111 Å². The SMILES string of the molecule is Cc1ccc(OCC2CCNC2)c(C(C)(C)C)c1. The molecule has 1 unspecified atom stereocenters. The Kier molecular flexibility index (Phi) is 3.96. The zero-order valence-electron chi connectivity index (χ0n) is 12.0. The second kappa shape index (κ2) is 5.31. The molecular formula is C16H25NO. The van der Waals surface area contributed by atoms with Crippen LogP contribution in [0.5, 0.6) is 5.75 Å². The maximum atomic E-state index is 6.06. The van der Waals surface area contributed by atoms with Crippen molar-refractivity contribution in [3.8, 4) is 5.75 Å². The van der Waals surface area contributed by atoms with Crippen LogP contribution in [0.3, 0.4) is 0 Å². The first kappa shape index (κ1) is 13.4. The standard InChI is InChI=1S/C16H25NO/c1-12-5-6-15(14(9-12)16(2,3)4)18-11-13-7-8-17-10-13/h5-6,9,13,17H,7-8,10-11H2,1-4H3. The predicted octanol–water partition coefficient (Wildman–Crippen LogP) is 3.28. The van der Waals surface area contributed by atoms with Gasteiger partial charge >= 0.3 is 0 Å². The first-order valence-electron chi connectivity index (χ1n) is 6.91. The van der Waals surface area contributed by atoms with Gasteiger partial charge in [0, 0.05) is 12.5 Å². The Morgan fingerprint density at radius 1 is 1.33 bits per heavy atom. The monoisotopic (exact) mass is 247 g/mol. The summed E-state index contributed by atoms with van der Waals surface area (Å²) in [5, 5.41) is 3.38. The molecule has 1 aliphatic heterocycles. The Morgan fingerprint density at radius 2 is 2.11 bits per heavy atom. The highest BCUT2D eigenvalue weighted by Crippen LogP contribution is 2.32. The maximum Gasteiger partial charge on any atom is 0.123 e. The van der Waals surface area contributed by atoms with Gasteiger partial charge in [-0.05, 0) is 36.9 Å². The normalized spacial score (nSPS) is 20.1. The average Bonchev–Trinajstić information content (AvgIpc) is 2.79. The Hall–Kier alpha value is -1.02. The molecule has 1 heterocycles. The van der Waals surface area contributed by atoms with Gasteiger partial charge in [0.15, 0.2) is 0 Å². The van der Waals surface area contributed by atoms with Gasteiger partial charge in [-0.2, -0.15) is 0 Å². The molecule has 0 saturated carbocycles. The van der Waals surface area contributed by atoms with E-state index >= 15 is 0 Å². The van der Waals surface area contributed by atoms with Crippen LogP contribution in [-0.4, -0.2) is 19.7 Å². The third-order valence-electron chi connectivity index (χ3n) is 3.58. The topological polar surface area (TPSA) is 21.3 Å². The molecule has 0 bridgehead atoms. The van der Waals surface area contributed by atoms with Crippen LogP contribution in [0.15, 0.2) is 18.2 Å². The molecule has 1 fully saturated rings. The molecule has 1 aromatic carbocycles. The van der Waals surface area contributed by atoms with Crippen LogP contribution >= 0.6 is 0 Å². The summed E-state index contributed by atoms with van der Waals surface area (Å²) in [5.74, 6) is 1.72. The summed E-state index contributed by atoms with van der Waals surface area (Å²) < 4.78 is 6.06. The van der Waals surface area contributed by atoms with Gasteiger partial charge in [0.05, 0.1) is 6.61 Å². The highest BCUT2D eigenvalue weighted by molar-refractivity contribution is 5.41. The van der Waals surface area contributed by atoms with E-state index in [1.807, 2.05) is 0 Å². The van der Waals surface area contributed by atoms with E-state index in [1.54, 1.807) is 0 Å². The number of hydrogen-bond donors (Lipinski definition) is 1. The molecule has 0 radical (unpaired) electrons. The van der Waals surface area contributed by atoms with Gasteiger partial charge < -0.3 is 10.1 Å². The molecule has 1 aromatic rings. The minimum absolute atomic E-state index is 0.134. The molecule has 0 aromatic heterocycles. The molecule has 0 amide bonds. The molecule has 0 spiro atoms. The van der Waals surface area contributed by atoms with Crippen LogP contribution in [0, 0.1) is 12.8 Å². The lowest BCUT2D eigenvalue weighted by molar-refractivity contribution is 0.254. The van der Waals surface area contributed by atoms with Crippen LogP contribution in [0.25, 0.3) is 0 Å². The van der Waals surface area contributed by atoms with Gasteiger partial charge in [-0.25, -0.2) is 0 Å². The lowest BCUT2D eigenvalue weighted by Gasteiger charge is -2.24. The maximum absolute atomic E-state index is 6.06. The van der Waals surface area contributed by atoms with E-state index in [-0.39, 0.29) is 5.41 Å². The molecule has 1 aliphatic rings. The summed E-state index contributed by atoms with van der Waals surface area (Å²) >= 11 is 0. The zero-order valence-corrected chi connectivity index (χ0v) is 12.0. The predicted molar refractivity (Wildman–Crippen MR) is 76.4 cm³/mol. The summed E-state index contributed by atoms with van der Waals surface area (Å²) in [4.78, 5) is 0. The van der Waals surface area contributed by atoms with Crippen LogP contribution in [0.1, 0.15) is 38.3 Å². The minimum atomic E-state index is 0.134. The van der Waals surface area contributed by atoms with Gasteiger partial charge in [-0.3, -0.25) is 0 Å². The fourth-order valence-corrected chi connectivity index (χ4v) is 2.42. The van der Waals surface area contributed by atoms with Crippen molar-refractivity contribution in [3.05, 3.63) is 29.3 Å². The summed E-state index contributed by atoms with van der Waals surface area (Å²) in [6.45, 7) is 11.9. The zero-order chi connectivity index (χ0) is 13.2. The number of benzene rings is 1. The van der Waals surface area contributed by atoms with E-state index in [4.69, 9.17) is 4.74 Å². The van der Waals surface area contributed by atoms with Crippen molar-refractivity contribution in [3.63, 3.8) is 0 Å². The third kappa shape index (κ3) is 3.26. The minimum Gasteiger partial charge on any atom is -0.493 e. The highest BCUT2D eigenvalue weighted by atomic mass is 16.5. The van der Waals surface area contributed by atoms with Gasteiger partial charge in [0.25, 0.3) is 0 Å². The van der Waals surface area contributed by atoms with Crippen molar-refractivity contribution >= 4 is 0 Å². The van der Waals surface area contributed by atoms with Crippen LogP contribution in [-0.2, 0) is 5.41 Å². The summed E-state index contributed by atoms with van der Waals surface area (Å²) in [6.07, 6.45) is 1.23. The molecule has 1 saturated heterocycles. The molecule has 18 heavy (non-hydrogen) atoms. The first-order valence-corrected chi connectivity index (χ1v) is 6.91. The smallest absolute Gasteiger partial charge is 0.123 e. The van der Waals surface area contributed by atoms with E-state index < -0.39 is 0 Å². The fraction of sp³-hybridized carbons (Fsp3) is 0.625. The first-order chi connectivity index (χ1) is 8.47. The Morgan fingerprint density at radius 3 is 2.72 bits per heavy atom. The van der Waals surface area contributed by atoms with E-state index in [0.29, 0.717) is 5.92 Å². The van der Waals surface area contributed by atoms with Gasteiger partial charge in [0.1, 0.15) is 5.75 Å². The van der Waals surface area contributed by atoms with E-state index in [9.17, 15) is 0 Å². The average molecular weight is 247 g/mol. The quantitative estimate of drug-likeness (QED) is 0.885. The largest absolute Gasteiger partial charge is 0.493 e. The van der Waals surface area contributed by atoms with Gasteiger partial charge in [-0.1, -0.05) is 38.5 Å². The number of aryl methyl sites for hydroxylation is 1. The fourth-order valence-electron chi connectivity index (χ4n) is 2.42. The molecule has 100 valence electrons. The summed E-state index contributed by atoms with van der Waals surface area (Å²) in [6, 6.07) is 6.51. The van der Waals surface area contributed by atoms with Crippen molar-refractivity contribution in [2.24, 2.45) is 5.92 Å².